The van der Waals surface area contributed by atoms with E-state index in [1.54, 1.807) is 0 Å². The van der Waals surface area contributed by atoms with E-state index in [9.17, 15) is 0 Å². The van der Waals surface area contributed by atoms with Crippen LogP contribution in [0, 0.1) is 0 Å². The Bertz CT molecular complexity index is 3530. The molecule has 0 fully saturated rings. The van der Waals surface area contributed by atoms with E-state index in [0.29, 0.717) is 0 Å². The van der Waals surface area contributed by atoms with Gasteiger partial charge in [-0.1, -0.05) is 145 Å². The van der Waals surface area contributed by atoms with Gasteiger partial charge in [-0.15, -0.1) is 0 Å². The topological polar surface area (TPSA) is 9.86 Å². The van der Waals surface area contributed by atoms with Gasteiger partial charge >= 0.3 is 0 Å². The Balaban J connectivity index is 1.06. The first-order valence-electron chi connectivity index (χ1n) is 20.7. The standard InChI is InChI=1S/C57H39BrN2/c1-57(2)51-20-9-6-17-45(51)46-27-25-44(35-52(46)57)60-53-21-10-7-18-47(53)49-26-23-38(34-56(49)60)41-30-39(36-13-12-14-42(58)32-36)29-40(31-41)37-24-28-55-50(33-37)48-19-8-11-22-54(48)59(55)43-15-4-3-5-16-43/h3-35H,1-2H3. The van der Waals surface area contributed by atoms with Crippen molar-refractivity contribution in [3.63, 3.8) is 0 Å². The van der Waals surface area contributed by atoms with Crippen molar-refractivity contribution in [2.45, 2.75) is 19.3 Å². The van der Waals surface area contributed by atoms with Crippen molar-refractivity contribution in [3.05, 3.63) is 216 Å². The van der Waals surface area contributed by atoms with Gasteiger partial charge in [-0.05, 0) is 141 Å². The van der Waals surface area contributed by atoms with Crippen LogP contribution in [-0.4, -0.2) is 9.13 Å². The zero-order valence-corrected chi connectivity index (χ0v) is 34.9. The summed E-state index contributed by atoms with van der Waals surface area (Å²) in [5.41, 5.74) is 19.6. The van der Waals surface area contributed by atoms with Crippen molar-refractivity contribution >= 4 is 59.5 Å². The van der Waals surface area contributed by atoms with Crippen molar-refractivity contribution in [1.29, 1.82) is 0 Å². The van der Waals surface area contributed by atoms with Crippen LogP contribution in [0.1, 0.15) is 25.0 Å². The second-order valence-electron chi connectivity index (χ2n) is 16.7. The fourth-order valence-corrected chi connectivity index (χ4v) is 10.5. The van der Waals surface area contributed by atoms with E-state index in [1.165, 1.54) is 105 Å². The summed E-state index contributed by atoms with van der Waals surface area (Å²) in [6, 6.07) is 74.0. The van der Waals surface area contributed by atoms with Crippen LogP contribution in [0.2, 0.25) is 0 Å². The monoisotopic (exact) mass is 830 g/mol. The van der Waals surface area contributed by atoms with Gasteiger partial charge in [0.1, 0.15) is 0 Å². The van der Waals surface area contributed by atoms with E-state index in [2.05, 4.69) is 239 Å². The Morgan fingerprint density at radius 1 is 0.333 bits per heavy atom. The van der Waals surface area contributed by atoms with Gasteiger partial charge in [0.15, 0.2) is 0 Å². The van der Waals surface area contributed by atoms with Gasteiger partial charge in [0, 0.05) is 42.8 Å². The molecule has 2 heterocycles. The Kier molecular flexibility index (Phi) is 7.76. The molecule has 0 saturated carbocycles. The van der Waals surface area contributed by atoms with Gasteiger partial charge in [0.25, 0.3) is 0 Å². The quantitative estimate of drug-likeness (QED) is 0.164. The zero-order chi connectivity index (χ0) is 40.1. The van der Waals surface area contributed by atoms with Gasteiger partial charge in [-0.3, -0.25) is 0 Å². The molecule has 0 amide bonds. The fourth-order valence-electron chi connectivity index (χ4n) is 10.1. The molecular weight excluding hydrogens is 793 g/mol. The second kappa shape index (κ2) is 13.3. The number of halogens is 1. The molecule has 60 heavy (non-hydrogen) atoms. The fraction of sp³-hybridized carbons (Fsp3) is 0.0526. The molecule has 2 nitrogen and oxygen atoms in total. The van der Waals surface area contributed by atoms with Crippen LogP contribution in [0.3, 0.4) is 0 Å². The summed E-state index contributed by atoms with van der Waals surface area (Å²) in [4.78, 5) is 0. The zero-order valence-electron chi connectivity index (χ0n) is 33.3. The maximum atomic E-state index is 3.76. The maximum absolute atomic E-state index is 3.76. The minimum atomic E-state index is -0.0887. The molecule has 11 aromatic rings. The first-order valence-corrected chi connectivity index (χ1v) is 21.5. The van der Waals surface area contributed by atoms with E-state index in [-0.39, 0.29) is 5.41 Å². The summed E-state index contributed by atoms with van der Waals surface area (Å²) in [5.74, 6) is 0. The molecule has 2 aromatic heterocycles. The summed E-state index contributed by atoms with van der Waals surface area (Å²) in [5, 5.41) is 5.00. The average Bonchev–Trinajstić information content (AvgIpc) is 3.89. The normalized spacial score (nSPS) is 13.1. The third-order valence-corrected chi connectivity index (χ3v) is 13.4. The minimum Gasteiger partial charge on any atom is -0.309 e. The van der Waals surface area contributed by atoms with Gasteiger partial charge < -0.3 is 9.13 Å². The number of rotatable bonds is 5. The van der Waals surface area contributed by atoms with Crippen molar-refractivity contribution in [3.8, 4) is 55.9 Å². The molecule has 9 aromatic carbocycles. The number of nitrogens with zero attached hydrogens (tertiary/aromatic N) is 2. The molecule has 0 aliphatic heterocycles. The van der Waals surface area contributed by atoms with Crippen LogP contribution in [0.4, 0.5) is 0 Å². The molecule has 1 aliphatic rings. The molecule has 0 N–H and O–H groups in total. The number of benzene rings is 9. The summed E-state index contributed by atoms with van der Waals surface area (Å²) in [6.45, 7) is 4.72. The smallest absolute Gasteiger partial charge is 0.0547 e. The van der Waals surface area contributed by atoms with Gasteiger partial charge in [-0.2, -0.15) is 0 Å². The van der Waals surface area contributed by atoms with Gasteiger partial charge in [-0.25, -0.2) is 0 Å². The van der Waals surface area contributed by atoms with Crippen LogP contribution < -0.4 is 0 Å². The number of para-hydroxylation sites is 3. The number of hydrogen-bond donors (Lipinski definition) is 0. The lowest BCUT2D eigenvalue weighted by Crippen LogP contribution is -2.15. The Morgan fingerprint density at radius 3 is 1.65 bits per heavy atom. The summed E-state index contributed by atoms with van der Waals surface area (Å²) < 4.78 is 5.92. The molecule has 0 saturated heterocycles. The summed E-state index contributed by atoms with van der Waals surface area (Å²) in [6.07, 6.45) is 0. The lowest BCUT2D eigenvalue weighted by molar-refractivity contribution is 0.660. The average molecular weight is 832 g/mol. The predicted molar refractivity (Wildman–Crippen MR) is 257 cm³/mol. The van der Waals surface area contributed by atoms with Crippen LogP contribution in [0.15, 0.2) is 205 Å². The molecule has 0 unspecified atom stereocenters. The van der Waals surface area contributed by atoms with Gasteiger partial charge in [0.05, 0.1) is 22.1 Å². The van der Waals surface area contributed by atoms with Crippen LogP contribution in [-0.2, 0) is 5.41 Å². The first kappa shape index (κ1) is 35.0. The molecule has 1 aliphatic carbocycles. The minimum absolute atomic E-state index is 0.0887. The number of aromatic nitrogens is 2. The Hall–Kier alpha value is -6.94. The van der Waals surface area contributed by atoms with E-state index in [1.807, 2.05) is 0 Å². The number of hydrogen-bond acceptors (Lipinski definition) is 0. The highest BCUT2D eigenvalue weighted by molar-refractivity contribution is 9.10. The van der Waals surface area contributed by atoms with E-state index < -0.39 is 0 Å². The van der Waals surface area contributed by atoms with Crippen molar-refractivity contribution in [2.75, 3.05) is 0 Å². The Morgan fingerprint density at radius 2 is 0.900 bits per heavy atom. The molecule has 0 atom stereocenters. The SMILES string of the molecule is CC1(C)c2ccccc2-c2ccc(-n3c4ccccc4c4ccc(-c5cc(-c6cccc(Br)c6)cc(-c6ccc7c(c6)c6ccccc6n7-c6ccccc6)c5)cc43)cc21. The molecule has 3 heteroatoms. The van der Waals surface area contributed by atoms with E-state index in [4.69, 9.17) is 0 Å². The molecule has 0 bridgehead atoms. The van der Waals surface area contributed by atoms with Crippen molar-refractivity contribution in [1.82, 2.24) is 9.13 Å². The second-order valence-corrected chi connectivity index (χ2v) is 17.6. The molecule has 0 radical (unpaired) electrons. The first-order chi connectivity index (χ1) is 29.4. The molecule has 284 valence electrons. The molecule has 12 rings (SSSR count). The third kappa shape index (κ3) is 5.32. The highest BCUT2D eigenvalue weighted by Gasteiger charge is 2.35. The Labute approximate surface area is 357 Å². The highest BCUT2D eigenvalue weighted by atomic mass is 79.9. The maximum Gasteiger partial charge on any atom is 0.0547 e. The van der Waals surface area contributed by atoms with Crippen LogP contribution in [0.25, 0.3) is 99.5 Å². The van der Waals surface area contributed by atoms with Crippen LogP contribution >= 0.6 is 15.9 Å². The van der Waals surface area contributed by atoms with Crippen LogP contribution in [0.5, 0.6) is 0 Å². The van der Waals surface area contributed by atoms with Gasteiger partial charge in [0.2, 0.25) is 0 Å². The van der Waals surface area contributed by atoms with E-state index >= 15 is 0 Å². The van der Waals surface area contributed by atoms with E-state index in [0.717, 1.165) is 10.2 Å². The lowest BCUT2D eigenvalue weighted by Gasteiger charge is -2.22. The molecular formula is C57H39BrN2. The lowest BCUT2D eigenvalue weighted by atomic mass is 9.82. The van der Waals surface area contributed by atoms with Crippen molar-refractivity contribution < 1.29 is 0 Å². The number of fused-ring (bicyclic) bond motifs is 9. The predicted octanol–water partition coefficient (Wildman–Crippen LogP) is 16.0. The summed E-state index contributed by atoms with van der Waals surface area (Å²) >= 11 is 3.76. The summed E-state index contributed by atoms with van der Waals surface area (Å²) in [7, 11) is 0. The largest absolute Gasteiger partial charge is 0.309 e. The highest BCUT2D eigenvalue weighted by Crippen LogP contribution is 2.50. The van der Waals surface area contributed by atoms with Crippen molar-refractivity contribution in [2.24, 2.45) is 0 Å². The third-order valence-electron chi connectivity index (χ3n) is 12.9. The molecule has 0 spiro atoms.